The number of aromatic nitrogens is 1. The van der Waals surface area contributed by atoms with Crippen molar-refractivity contribution in [1.29, 1.82) is 5.26 Å². The van der Waals surface area contributed by atoms with E-state index in [9.17, 15) is 18.0 Å². The van der Waals surface area contributed by atoms with E-state index in [-0.39, 0.29) is 0 Å². The van der Waals surface area contributed by atoms with Gasteiger partial charge in [0.25, 0.3) is 0 Å². The van der Waals surface area contributed by atoms with Crippen molar-refractivity contribution in [2.75, 3.05) is 5.73 Å². The average Bonchev–Trinajstić information content (AvgIpc) is 2.17. The number of pyridine rings is 1. The fraction of sp³-hybridized carbons (Fsp3) is 0.125. The van der Waals surface area contributed by atoms with Crippen LogP contribution < -0.4 is 10.5 Å². The number of carbonyl (C=O) groups is 1. The molecule has 0 amide bonds. The van der Waals surface area contributed by atoms with E-state index < -0.39 is 35.2 Å². The van der Waals surface area contributed by atoms with Crippen LogP contribution in [0, 0.1) is 11.3 Å². The second kappa shape index (κ2) is 4.17. The number of alkyl halides is 3. The first-order chi connectivity index (χ1) is 7.74. The van der Waals surface area contributed by atoms with Crippen LogP contribution in [-0.4, -0.2) is 22.4 Å². The summed E-state index contributed by atoms with van der Waals surface area (Å²) < 4.78 is 39.2. The van der Waals surface area contributed by atoms with E-state index in [4.69, 9.17) is 16.1 Å². The molecule has 0 radical (unpaired) electrons. The number of hydrogen-bond acceptors (Lipinski definition) is 5. The smallest absolute Gasteiger partial charge is 0.476 e. The van der Waals surface area contributed by atoms with Gasteiger partial charge in [-0.2, -0.15) is 5.26 Å². The van der Waals surface area contributed by atoms with Gasteiger partial charge in [-0.15, -0.1) is 13.2 Å². The second-order valence-electron chi connectivity index (χ2n) is 2.74. The van der Waals surface area contributed by atoms with Crippen LogP contribution in [0.5, 0.6) is 5.88 Å². The summed E-state index contributed by atoms with van der Waals surface area (Å²) >= 11 is 0. The molecule has 3 N–H and O–H groups in total. The van der Waals surface area contributed by atoms with Gasteiger partial charge in [0.05, 0.1) is 5.69 Å². The normalized spacial score (nSPS) is 10.7. The van der Waals surface area contributed by atoms with Crippen LogP contribution in [0.2, 0.25) is 0 Å². The third-order valence-electron chi connectivity index (χ3n) is 1.55. The lowest BCUT2D eigenvalue weighted by Gasteiger charge is -2.10. The number of carboxylic acids is 1. The highest BCUT2D eigenvalue weighted by atomic mass is 19.4. The Morgan fingerprint density at radius 1 is 1.59 bits per heavy atom. The van der Waals surface area contributed by atoms with Crippen molar-refractivity contribution in [3.63, 3.8) is 0 Å². The van der Waals surface area contributed by atoms with Gasteiger partial charge in [0.15, 0.2) is 5.69 Å². The monoisotopic (exact) mass is 247 g/mol. The Balaban J connectivity index is 3.33. The molecule has 0 bridgehead atoms. The number of anilines is 1. The predicted octanol–water partition coefficient (Wildman–Crippen LogP) is 1.13. The lowest BCUT2D eigenvalue weighted by molar-refractivity contribution is -0.276. The Labute approximate surface area is 92.0 Å². The Bertz CT molecular complexity index is 507. The summed E-state index contributed by atoms with van der Waals surface area (Å²) in [7, 11) is 0. The van der Waals surface area contributed by atoms with Crippen molar-refractivity contribution >= 4 is 11.7 Å². The maximum Gasteiger partial charge on any atom is 0.574 e. The number of halogens is 3. The van der Waals surface area contributed by atoms with Gasteiger partial charge in [0.2, 0.25) is 5.88 Å². The average molecular weight is 247 g/mol. The summed E-state index contributed by atoms with van der Waals surface area (Å²) in [4.78, 5) is 13.6. The van der Waals surface area contributed by atoms with Crippen LogP contribution >= 0.6 is 0 Å². The van der Waals surface area contributed by atoms with Crippen LogP contribution in [0.1, 0.15) is 16.1 Å². The molecule has 0 aliphatic rings. The maximum absolute atomic E-state index is 11.9. The molecule has 1 aromatic heterocycles. The number of rotatable bonds is 2. The van der Waals surface area contributed by atoms with E-state index in [1.807, 2.05) is 0 Å². The molecule has 17 heavy (non-hydrogen) atoms. The van der Waals surface area contributed by atoms with Gasteiger partial charge in [0.1, 0.15) is 11.6 Å². The molecule has 0 unspecified atom stereocenters. The molecule has 0 aromatic carbocycles. The second-order valence-corrected chi connectivity index (χ2v) is 2.74. The third kappa shape index (κ3) is 2.97. The molecule has 0 spiro atoms. The van der Waals surface area contributed by atoms with E-state index in [1.54, 1.807) is 0 Å². The lowest BCUT2D eigenvalue weighted by atomic mass is 10.2. The van der Waals surface area contributed by atoms with Crippen molar-refractivity contribution in [1.82, 2.24) is 4.98 Å². The minimum Gasteiger partial charge on any atom is -0.476 e. The Kier molecular flexibility index (Phi) is 3.08. The zero-order chi connectivity index (χ0) is 13.2. The predicted molar refractivity (Wildman–Crippen MR) is 47.0 cm³/mol. The van der Waals surface area contributed by atoms with E-state index in [0.717, 1.165) is 6.07 Å². The molecular formula is C8H4F3N3O3. The summed E-state index contributed by atoms with van der Waals surface area (Å²) in [6.07, 6.45) is -5.08. The number of aromatic carboxylic acids is 1. The number of nitrogens with two attached hydrogens (primary N) is 1. The largest absolute Gasteiger partial charge is 0.574 e. The van der Waals surface area contributed by atoms with E-state index in [2.05, 4.69) is 9.72 Å². The highest BCUT2D eigenvalue weighted by Gasteiger charge is 2.33. The topological polar surface area (TPSA) is 109 Å². The fourth-order valence-electron chi connectivity index (χ4n) is 0.951. The van der Waals surface area contributed by atoms with Crippen molar-refractivity contribution in [3.8, 4) is 11.9 Å². The van der Waals surface area contributed by atoms with Gasteiger partial charge >= 0.3 is 12.3 Å². The number of nitrogen functional groups attached to an aromatic ring is 1. The Morgan fingerprint density at radius 3 is 2.59 bits per heavy atom. The molecule has 1 heterocycles. The van der Waals surface area contributed by atoms with Crippen molar-refractivity contribution in [3.05, 3.63) is 17.3 Å². The molecule has 0 fully saturated rings. The molecule has 1 rings (SSSR count). The van der Waals surface area contributed by atoms with Crippen molar-refractivity contribution in [2.24, 2.45) is 0 Å². The summed E-state index contributed by atoms with van der Waals surface area (Å²) in [6.45, 7) is 0. The number of ether oxygens (including phenoxy) is 1. The Hall–Kier alpha value is -2.50. The molecule has 0 saturated carbocycles. The summed E-state index contributed by atoms with van der Waals surface area (Å²) in [5.41, 5.74) is 3.35. The lowest BCUT2D eigenvalue weighted by Crippen LogP contribution is -2.20. The molecule has 90 valence electrons. The Morgan fingerprint density at radius 2 is 2.18 bits per heavy atom. The van der Waals surface area contributed by atoms with Crippen LogP contribution in [0.3, 0.4) is 0 Å². The van der Waals surface area contributed by atoms with Gasteiger partial charge in [-0.1, -0.05) is 0 Å². The highest BCUT2D eigenvalue weighted by molar-refractivity contribution is 5.91. The number of carboxylic acid groups (broad SMARTS) is 1. The van der Waals surface area contributed by atoms with E-state index >= 15 is 0 Å². The van der Waals surface area contributed by atoms with Crippen LogP contribution in [-0.2, 0) is 0 Å². The van der Waals surface area contributed by atoms with Gasteiger partial charge < -0.3 is 15.6 Å². The SMILES string of the molecule is N#Cc1cc(N)c(C(=O)O)nc1OC(F)(F)F. The molecular weight excluding hydrogens is 243 g/mol. The van der Waals surface area contributed by atoms with E-state index in [1.165, 1.54) is 6.07 Å². The maximum atomic E-state index is 11.9. The number of hydrogen-bond donors (Lipinski definition) is 2. The molecule has 0 aliphatic carbocycles. The van der Waals surface area contributed by atoms with Crippen molar-refractivity contribution in [2.45, 2.75) is 6.36 Å². The molecule has 0 atom stereocenters. The van der Waals surface area contributed by atoms with Crippen LogP contribution in [0.4, 0.5) is 18.9 Å². The minimum absolute atomic E-state index is 0.427. The molecule has 0 saturated heterocycles. The zero-order valence-electron chi connectivity index (χ0n) is 7.95. The van der Waals surface area contributed by atoms with Crippen LogP contribution in [0.15, 0.2) is 6.07 Å². The zero-order valence-corrected chi connectivity index (χ0v) is 7.95. The fourth-order valence-corrected chi connectivity index (χ4v) is 0.951. The van der Waals surface area contributed by atoms with Gasteiger partial charge in [-0.3, -0.25) is 0 Å². The quantitative estimate of drug-likeness (QED) is 0.810. The van der Waals surface area contributed by atoms with Gasteiger partial charge in [-0.25, -0.2) is 9.78 Å². The first kappa shape index (κ1) is 12.6. The number of nitrogens with zero attached hydrogens (tertiary/aromatic N) is 2. The first-order valence-corrected chi connectivity index (χ1v) is 3.94. The number of nitriles is 1. The molecule has 9 heteroatoms. The van der Waals surface area contributed by atoms with Gasteiger partial charge in [0, 0.05) is 0 Å². The first-order valence-electron chi connectivity index (χ1n) is 3.94. The van der Waals surface area contributed by atoms with Gasteiger partial charge in [-0.05, 0) is 6.07 Å². The van der Waals surface area contributed by atoms with Crippen LogP contribution in [0.25, 0.3) is 0 Å². The standard InChI is InChI=1S/C8H4F3N3O3/c9-8(10,11)17-6-3(2-12)1-4(13)5(14-6)7(15)16/h1H,13H2,(H,15,16). The molecule has 1 aromatic rings. The molecule has 0 aliphatic heterocycles. The summed E-state index contributed by atoms with van der Waals surface area (Å²) in [5, 5.41) is 17.1. The highest BCUT2D eigenvalue weighted by Crippen LogP contribution is 2.26. The third-order valence-corrected chi connectivity index (χ3v) is 1.55. The molecule has 6 nitrogen and oxygen atoms in total. The van der Waals surface area contributed by atoms with E-state index in [0.29, 0.717) is 0 Å². The van der Waals surface area contributed by atoms with Crippen molar-refractivity contribution < 1.29 is 27.8 Å². The minimum atomic E-state index is -5.08. The summed E-state index contributed by atoms with van der Waals surface area (Å²) in [5.74, 6) is -2.77. The summed E-state index contributed by atoms with van der Waals surface area (Å²) in [6, 6.07) is 2.11.